The molecule has 31 heavy (non-hydrogen) atoms. The van der Waals surface area contributed by atoms with Crippen molar-refractivity contribution in [1.82, 2.24) is 20.4 Å². The molecule has 1 aliphatic heterocycles. The highest BCUT2D eigenvalue weighted by molar-refractivity contribution is 9.10. The van der Waals surface area contributed by atoms with Crippen molar-refractivity contribution >= 4 is 33.7 Å². The van der Waals surface area contributed by atoms with Crippen molar-refractivity contribution in [3.05, 3.63) is 70.2 Å². The molecule has 8 heteroatoms. The zero-order chi connectivity index (χ0) is 22.1. The highest BCUT2D eigenvalue weighted by Crippen LogP contribution is 2.10. The van der Waals surface area contributed by atoms with Gasteiger partial charge >= 0.3 is 0 Å². The van der Waals surface area contributed by atoms with Gasteiger partial charge < -0.3 is 15.5 Å². The molecule has 2 aromatic carbocycles. The number of halogens is 1. The maximum atomic E-state index is 12.4. The Labute approximate surface area is 190 Å². The van der Waals surface area contributed by atoms with E-state index in [0.717, 1.165) is 10.0 Å². The third-order valence-electron chi connectivity index (χ3n) is 5.16. The molecule has 1 aliphatic rings. The van der Waals surface area contributed by atoms with Gasteiger partial charge in [0.1, 0.15) is 0 Å². The van der Waals surface area contributed by atoms with E-state index in [1.54, 1.807) is 17.0 Å². The first-order chi connectivity index (χ1) is 15.0. The summed E-state index contributed by atoms with van der Waals surface area (Å²) in [5.74, 6) is -0.185. The van der Waals surface area contributed by atoms with Crippen LogP contribution >= 0.6 is 15.9 Å². The van der Waals surface area contributed by atoms with Crippen LogP contribution in [0.5, 0.6) is 0 Å². The molecule has 0 aromatic heterocycles. The van der Waals surface area contributed by atoms with Crippen LogP contribution in [0.1, 0.15) is 22.3 Å². The predicted molar refractivity (Wildman–Crippen MR) is 122 cm³/mol. The molecule has 0 radical (unpaired) electrons. The van der Waals surface area contributed by atoms with E-state index in [9.17, 15) is 14.4 Å². The van der Waals surface area contributed by atoms with Crippen LogP contribution < -0.4 is 10.6 Å². The number of piperazine rings is 1. The Bertz CT molecular complexity index is 881. The van der Waals surface area contributed by atoms with E-state index in [1.807, 2.05) is 42.5 Å². The highest BCUT2D eigenvalue weighted by Gasteiger charge is 2.22. The van der Waals surface area contributed by atoms with Gasteiger partial charge in [-0.25, -0.2) is 0 Å². The average Bonchev–Trinajstić information content (AvgIpc) is 2.79. The lowest BCUT2D eigenvalue weighted by atomic mass is 10.2. The van der Waals surface area contributed by atoms with Gasteiger partial charge in [-0.15, -0.1) is 0 Å². The number of hydrogen-bond acceptors (Lipinski definition) is 4. The van der Waals surface area contributed by atoms with Gasteiger partial charge in [-0.3, -0.25) is 19.3 Å². The summed E-state index contributed by atoms with van der Waals surface area (Å²) in [5.41, 5.74) is 1.63. The lowest BCUT2D eigenvalue weighted by Crippen LogP contribution is -2.51. The number of benzene rings is 2. The van der Waals surface area contributed by atoms with Gasteiger partial charge in [0.05, 0.1) is 6.54 Å². The average molecular weight is 487 g/mol. The lowest BCUT2D eigenvalue weighted by Gasteiger charge is -2.34. The van der Waals surface area contributed by atoms with Gasteiger partial charge in [0.25, 0.3) is 5.91 Å². The number of nitrogens with one attached hydrogen (secondary N) is 2. The molecule has 164 valence electrons. The quantitative estimate of drug-likeness (QED) is 0.597. The molecule has 1 heterocycles. The van der Waals surface area contributed by atoms with Gasteiger partial charge in [-0.1, -0.05) is 46.3 Å². The topological polar surface area (TPSA) is 81.8 Å². The van der Waals surface area contributed by atoms with E-state index in [1.165, 1.54) is 0 Å². The number of amides is 3. The first kappa shape index (κ1) is 23.0. The Morgan fingerprint density at radius 2 is 1.55 bits per heavy atom. The Morgan fingerprint density at radius 1 is 0.871 bits per heavy atom. The number of rotatable bonds is 8. The van der Waals surface area contributed by atoms with E-state index < -0.39 is 0 Å². The summed E-state index contributed by atoms with van der Waals surface area (Å²) in [6, 6.07) is 16.9. The number of nitrogens with zero attached hydrogens (tertiary/aromatic N) is 2. The maximum absolute atomic E-state index is 12.4. The van der Waals surface area contributed by atoms with Crippen molar-refractivity contribution in [3.8, 4) is 0 Å². The van der Waals surface area contributed by atoms with Crippen LogP contribution in [0.3, 0.4) is 0 Å². The molecule has 0 aliphatic carbocycles. The largest absolute Gasteiger partial charge is 0.352 e. The molecule has 2 N–H and O–H groups in total. The SMILES string of the molecule is O=C(CN1CCN(C(=O)CCNC(=O)c2ccc(Br)cc2)CC1)NCc1ccccc1. The molecule has 0 unspecified atom stereocenters. The highest BCUT2D eigenvalue weighted by atomic mass is 79.9. The molecular weight excluding hydrogens is 460 g/mol. The van der Waals surface area contributed by atoms with E-state index >= 15 is 0 Å². The second kappa shape index (κ2) is 11.6. The minimum absolute atomic E-state index is 0.0146. The zero-order valence-electron chi connectivity index (χ0n) is 17.4. The van der Waals surface area contributed by atoms with E-state index in [4.69, 9.17) is 0 Å². The predicted octanol–water partition coefficient (Wildman–Crippen LogP) is 2.03. The third kappa shape index (κ3) is 7.48. The molecule has 7 nitrogen and oxygen atoms in total. The first-order valence-electron chi connectivity index (χ1n) is 10.4. The molecule has 0 spiro atoms. The van der Waals surface area contributed by atoms with Crippen molar-refractivity contribution in [2.75, 3.05) is 39.3 Å². The molecule has 0 bridgehead atoms. The molecule has 0 atom stereocenters. The van der Waals surface area contributed by atoms with Crippen LogP contribution in [0.15, 0.2) is 59.1 Å². The summed E-state index contributed by atoms with van der Waals surface area (Å²) in [7, 11) is 0. The maximum Gasteiger partial charge on any atom is 0.251 e. The Morgan fingerprint density at radius 3 is 2.23 bits per heavy atom. The molecule has 3 rings (SSSR count). The van der Waals surface area contributed by atoms with Gasteiger partial charge in [0, 0.05) is 55.7 Å². The second-order valence-electron chi connectivity index (χ2n) is 7.43. The van der Waals surface area contributed by atoms with Crippen LogP contribution in [-0.4, -0.2) is 66.8 Å². The zero-order valence-corrected chi connectivity index (χ0v) is 18.9. The Hall–Kier alpha value is -2.71. The smallest absolute Gasteiger partial charge is 0.251 e. The fourth-order valence-electron chi connectivity index (χ4n) is 3.36. The summed E-state index contributed by atoms with van der Waals surface area (Å²) in [4.78, 5) is 40.5. The second-order valence-corrected chi connectivity index (χ2v) is 8.35. The molecular formula is C23H27BrN4O3. The van der Waals surface area contributed by atoms with E-state index in [0.29, 0.717) is 51.4 Å². The van der Waals surface area contributed by atoms with Crippen LogP contribution in [0.4, 0.5) is 0 Å². The van der Waals surface area contributed by atoms with Crippen LogP contribution in [0.25, 0.3) is 0 Å². The summed E-state index contributed by atoms with van der Waals surface area (Å²) in [5, 5.41) is 5.72. The third-order valence-corrected chi connectivity index (χ3v) is 5.68. The van der Waals surface area contributed by atoms with Crippen molar-refractivity contribution in [2.45, 2.75) is 13.0 Å². The first-order valence-corrected chi connectivity index (χ1v) is 11.1. The van der Waals surface area contributed by atoms with E-state index in [-0.39, 0.29) is 24.1 Å². The number of carbonyl (C=O) groups excluding carboxylic acids is 3. The van der Waals surface area contributed by atoms with Crippen LogP contribution in [-0.2, 0) is 16.1 Å². The number of hydrogen-bond donors (Lipinski definition) is 2. The molecule has 2 aromatic rings. The summed E-state index contributed by atoms with van der Waals surface area (Å²) < 4.78 is 0.909. The normalized spacial score (nSPS) is 14.2. The monoisotopic (exact) mass is 486 g/mol. The minimum atomic E-state index is -0.188. The van der Waals surface area contributed by atoms with Gasteiger partial charge in [0.2, 0.25) is 11.8 Å². The minimum Gasteiger partial charge on any atom is -0.352 e. The molecule has 1 saturated heterocycles. The molecule has 3 amide bonds. The Kier molecular flexibility index (Phi) is 8.61. The standard InChI is InChI=1S/C23H27BrN4O3/c24-20-8-6-19(7-9-20)23(31)25-11-10-22(30)28-14-12-27(13-15-28)17-21(29)26-16-18-4-2-1-3-5-18/h1-9H,10-17H2,(H,25,31)(H,26,29). The summed E-state index contributed by atoms with van der Waals surface area (Å²) in [6.07, 6.45) is 0.264. The van der Waals surface area contributed by atoms with Crippen LogP contribution in [0, 0.1) is 0 Å². The van der Waals surface area contributed by atoms with Gasteiger partial charge in [-0.05, 0) is 29.8 Å². The molecule has 1 fully saturated rings. The van der Waals surface area contributed by atoms with Crippen LogP contribution in [0.2, 0.25) is 0 Å². The van der Waals surface area contributed by atoms with Crippen molar-refractivity contribution in [1.29, 1.82) is 0 Å². The lowest BCUT2D eigenvalue weighted by molar-refractivity contribution is -0.133. The van der Waals surface area contributed by atoms with Crippen molar-refractivity contribution in [3.63, 3.8) is 0 Å². The van der Waals surface area contributed by atoms with Crippen molar-refractivity contribution < 1.29 is 14.4 Å². The van der Waals surface area contributed by atoms with Gasteiger partial charge in [0.15, 0.2) is 0 Å². The Balaban J connectivity index is 1.31. The van der Waals surface area contributed by atoms with Gasteiger partial charge in [-0.2, -0.15) is 0 Å². The molecule has 0 saturated carbocycles. The summed E-state index contributed by atoms with van der Waals surface area (Å²) >= 11 is 3.34. The summed E-state index contributed by atoms with van der Waals surface area (Å²) in [6.45, 7) is 3.65. The number of carbonyl (C=O) groups is 3. The van der Waals surface area contributed by atoms with E-state index in [2.05, 4.69) is 31.5 Å². The fraction of sp³-hybridized carbons (Fsp3) is 0.348. The fourth-order valence-corrected chi connectivity index (χ4v) is 3.62. The van der Waals surface area contributed by atoms with Crippen molar-refractivity contribution in [2.24, 2.45) is 0 Å².